The van der Waals surface area contributed by atoms with E-state index >= 15 is 0 Å². The van der Waals surface area contributed by atoms with Crippen molar-refractivity contribution in [2.45, 2.75) is 44.2 Å². The highest BCUT2D eigenvalue weighted by Crippen LogP contribution is 2.40. The van der Waals surface area contributed by atoms with E-state index in [1.54, 1.807) is 6.07 Å². The summed E-state index contributed by atoms with van der Waals surface area (Å²) >= 11 is 1.10. The van der Waals surface area contributed by atoms with Crippen LogP contribution in [0.2, 0.25) is 0 Å². The molecular formula is C21H23F4NO2S. The Hall–Kier alpha value is -2.06. The largest absolute Gasteiger partial charge is 0.480 e. The molecule has 0 saturated carbocycles. The van der Waals surface area contributed by atoms with E-state index < -0.39 is 34.8 Å². The minimum atomic E-state index is -4.65. The summed E-state index contributed by atoms with van der Waals surface area (Å²) in [6.45, 7) is 4.00. The minimum absolute atomic E-state index is 0.0164. The van der Waals surface area contributed by atoms with Crippen molar-refractivity contribution in [1.29, 1.82) is 0 Å². The molecule has 0 fully saturated rings. The summed E-state index contributed by atoms with van der Waals surface area (Å²) in [6.07, 6.45) is -3.08. The molecule has 2 rings (SSSR count). The zero-order valence-corrected chi connectivity index (χ0v) is 16.9. The molecule has 2 unspecified atom stereocenters. The fourth-order valence-electron chi connectivity index (χ4n) is 3.04. The maximum atomic E-state index is 14.7. The molecule has 0 spiro atoms. The number of thioether (sulfide) groups is 1. The van der Waals surface area contributed by atoms with E-state index in [9.17, 15) is 22.4 Å². The second kappa shape index (κ2) is 9.63. The third kappa shape index (κ3) is 5.73. The van der Waals surface area contributed by atoms with Gasteiger partial charge in [0.15, 0.2) is 0 Å². The molecule has 0 radical (unpaired) electrons. The lowest BCUT2D eigenvalue weighted by molar-refractivity contribution is -0.138. The van der Waals surface area contributed by atoms with Gasteiger partial charge in [0.2, 0.25) is 0 Å². The highest BCUT2D eigenvalue weighted by molar-refractivity contribution is 7.99. The van der Waals surface area contributed by atoms with Crippen molar-refractivity contribution in [1.82, 2.24) is 0 Å². The van der Waals surface area contributed by atoms with Crippen molar-refractivity contribution in [3.63, 3.8) is 0 Å². The van der Waals surface area contributed by atoms with Gasteiger partial charge in [-0.1, -0.05) is 38.1 Å². The summed E-state index contributed by atoms with van der Waals surface area (Å²) in [5.41, 5.74) is 7.46. The Bertz CT molecular complexity index is 870. The highest BCUT2D eigenvalue weighted by atomic mass is 32.2. The Kier molecular flexibility index (Phi) is 7.71. The first-order valence-corrected chi connectivity index (χ1v) is 10.2. The molecule has 0 aromatic heterocycles. The van der Waals surface area contributed by atoms with E-state index in [1.165, 1.54) is 0 Å². The van der Waals surface area contributed by atoms with Gasteiger partial charge in [-0.2, -0.15) is 13.2 Å². The first-order chi connectivity index (χ1) is 13.6. The third-order valence-electron chi connectivity index (χ3n) is 4.66. The summed E-state index contributed by atoms with van der Waals surface area (Å²) in [4.78, 5) is 11.1. The van der Waals surface area contributed by atoms with Crippen LogP contribution in [0.15, 0.2) is 36.4 Å². The van der Waals surface area contributed by atoms with E-state index in [2.05, 4.69) is 0 Å². The molecule has 2 aromatic rings. The van der Waals surface area contributed by atoms with Gasteiger partial charge in [0.1, 0.15) is 11.9 Å². The topological polar surface area (TPSA) is 63.3 Å². The second-order valence-electron chi connectivity index (χ2n) is 6.63. The van der Waals surface area contributed by atoms with Crippen LogP contribution in [0.25, 0.3) is 0 Å². The van der Waals surface area contributed by atoms with Gasteiger partial charge < -0.3 is 10.8 Å². The Morgan fingerprint density at radius 3 is 2.28 bits per heavy atom. The van der Waals surface area contributed by atoms with Crippen molar-refractivity contribution in [2.75, 3.05) is 5.75 Å². The van der Waals surface area contributed by atoms with E-state index in [0.717, 1.165) is 47.9 Å². The van der Waals surface area contributed by atoms with E-state index in [4.69, 9.17) is 10.8 Å². The van der Waals surface area contributed by atoms with Crippen LogP contribution < -0.4 is 5.73 Å². The molecule has 2 aromatic carbocycles. The van der Waals surface area contributed by atoms with Gasteiger partial charge in [-0.25, -0.2) is 4.39 Å². The van der Waals surface area contributed by atoms with Crippen LogP contribution >= 0.6 is 11.8 Å². The van der Waals surface area contributed by atoms with Gasteiger partial charge in [0.05, 0.1) is 10.8 Å². The van der Waals surface area contributed by atoms with Gasteiger partial charge >= 0.3 is 12.1 Å². The number of hydrogen-bond donors (Lipinski definition) is 2. The smallest absolute Gasteiger partial charge is 0.416 e. The summed E-state index contributed by atoms with van der Waals surface area (Å²) in [5, 5.41) is 8.35. The number of carboxylic acids is 1. The molecule has 158 valence electrons. The number of benzene rings is 2. The fraction of sp³-hybridized carbons (Fsp3) is 0.381. The molecule has 0 heterocycles. The second-order valence-corrected chi connectivity index (χ2v) is 7.77. The van der Waals surface area contributed by atoms with Gasteiger partial charge in [0.25, 0.3) is 0 Å². The van der Waals surface area contributed by atoms with Crippen molar-refractivity contribution in [3.8, 4) is 0 Å². The number of alkyl halides is 3. The van der Waals surface area contributed by atoms with E-state index in [-0.39, 0.29) is 11.3 Å². The number of carboxylic acid groups (broad SMARTS) is 1. The van der Waals surface area contributed by atoms with Crippen LogP contribution in [-0.2, 0) is 23.8 Å². The molecule has 0 aliphatic rings. The van der Waals surface area contributed by atoms with Gasteiger partial charge in [-0.15, -0.1) is 11.8 Å². The zero-order chi connectivity index (χ0) is 21.8. The number of halogens is 4. The van der Waals surface area contributed by atoms with Crippen LogP contribution in [0.3, 0.4) is 0 Å². The van der Waals surface area contributed by atoms with E-state index in [0.29, 0.717) is 11.6 Å². The molecule has 3 nitrogen and oxygen atoms in total. The zero-order valence-electron chi connectivity index (χ0n) is 16.1. The Labute approximate surface area is 171 Å². The molecule has 3 N–H and O–H groups in total. The molecule has 0 aliphatic carbocycles. The first-order valence-electron chi connectivity index (χ1n) is 9.16. The van der Waals surface area contributed by atoms with Gasteiger partial charge in [-0.05, 0) is 41.7 Å². The lowest BCUT2D eigenvalue weighted by atomic mass is 9.95. The van der Waals surface area contributed by atoms with Crippen LogP contribution in [0.5, 0.6) is 0 Å². The van der Waals surface area contributed by atoms with Crippen LogP contribution in [-0.4, -0.2) is 22.9 Å². The van der Waals surface area contributed by atoms with Crippen LogP contribution in [0.1, 0.15) is 46.9 Å². The normalized spacial score (nSPS) is 13.9. The summed E-state index contributed by atoms with van der Waals surface area (Å²) in [5.74, 6) is -2.20. The Morgan fingerprint density at radius 2 is 1.76 bits per heavy atom. The number of aryl methyl sites for hydroxylation is 2. The third-order valence-corrected chi connectivity index (χ3v) is 6.08. The standard InChI is InChI=1S/C21H23F4NO2S/c1-3-12-5-6-14(9-13(12)4-2)19(29-11-18(26)20(27)28)16-8-7-15(10-17(16)22)21(23,24)25/h5-10,18-19H,3-4,11,26H2,1-2H3,(H,27,28). The number of nitrogens with two attached hydrogens (primary N) is 1. The maximum Gasteiger partial charge on any atom is 0.416 e. The molecule has 0 amide bonds. The fourth-order valence-corrected chi connectivity index (χ4v) is 4.29. The minimum Gasteiger partial charge on any atom is -0.480 e. The monoisotopic (exact) mass is 429 g/mol. The van der Waals surface area contributed by atoms with Crippen LogP contribution in [0.4, 0.5) is 17.6 Å². The molecule has 0 aliphatic heterocycles. The summed E-state index contributed by atoms with van der Waals surface area (Å²) in [6, 6.07) is 6.88. The molecular weight excluding hydrogens is 406 g/mol. The van der Waals surface area contributed by atoms with Crippen LogP contribution in [0, 0.1) is 5.82 Å². The average molecular weight is 429 g/mol. The predicted molar refractivity (Wildman–Crippen MR) is 107 cm³/mol. The molecule has 29 heavy (non-hydrogen) atoms. The number of hydrogen-bond acceptors (Lipinski definition) is 3. The first kappa shape index (κ1) is 23.2. The number of rotatable bonds is 8. The lowest BCUT2D eigenvalue weighted by Crippen LogP contribution is -2.32. The molecule has 0 saturated heterocycles. The highest BCUT2D eigenvalue weighted by Gasteiger charge is 2.32. The number of aliphatic carboxylic acids is 1. The molecule has 2 atom stereocenters. The molecule has 0 bridgehead atoms. The summed E-state index contributed by atoms with van der Waals surface area (Å²) in [7, 11) is 0. The van der Waals surface area contributed by atoms with Crippen molar-refractivity contribution < 1.29 is 27.5 Å². The predicted octanol–water partition coefficient (Wildman–Crippen LogP) is 5.20. The van der Waals surface area contributed by atoms with Crippen molar-refractivity contribution in [3.05, 3.63) is 70.0 Å². The van der Waals surface area contributed by atoms with Gasteiger partial charge in [-0.3, -0.25) is 4.79 Å². The van der Waals surface area contributed by atoms with Gasteiger partial charge in [0, 0.05) is 11.3 Å². The Balaban J connectivity index is 2.49. The average Bonchev–Trinajstić information content (AvgIpc) is 2.67. The Morgan fingerprint density at radius 1 is 1.10 bits per heavy atom. The van der Waals surface area contributed by atoms with E-state index in [1.807, 2.05) is 26.0 Å². The summed E-state index contributed by atoms with van der Waals surface area (Å²) < 4.78 is 53.4. The van der Waals surface area contributed by atoms with Crippen molar-refractivity contribution >= 4 is 17.7 Å². The van der Waals surface area contributed by atoms with Crippen molar-refractivity contribution in [2.24, 2.45) is 5.73 Å². The maximum absolute atomic E-state index is 14.7. The molecule has 8 heteroatoms. The SMILES string of the molecule is CCc1ccc(C(SCC(N)C(=O)O)c2ccc(C(F)(F)F)cc2F)cc1CC. The number of carbonyl (C=O) groups is 1. The quantitative estimate of drug-likeness (QED) is 0.566. The lowest BCUT2D eigenvalue weighted by Gasteiger charge is -2.22.